The number of rotatable bonds is 11. The van der Waals surface area contributed by atoms with Gasteiger partial charge in [0, 0.05) is 46.2 Å². The maximum atomic E-state index is 12.0. The summed E-state index contributed by atoms with van der Waals surface area (Å²) in [6.07, 6.45) is 12.0. The van der Waals surface area contributed by atoms with Crippen LogP contribution in [0.5, 0.6) is 0 Å². The van der Waals surface area contributed by atoms with Crippen LogP contribution in [0.3, 0.4) is 0 Å². The molecule has 4 aliphatic carbocycles. The number of amides is 1. The standard InChI is InChI=1S/C24H30Cl2N2O4.C19H22Cl2N2O2/c1-24(2,3)31-23(29)27-15-9-11-16(12-10-15)30-13-17-21(28-32-22(17)14-7-8-14)20-18(25)5-4-6-19(20)26;20-15-2-1-3-16(21)17(15)18-14(19(25-23-18)11-4-5-11)10-24-13-8-6-12(22)7-9-13/h4-6,14-16H,7-13H2,1-3H3,(H,27,29);1-3,11-13H,4-10,22H2. The Morgan fingerprint density at radius 2 is 1.09 bits per heavy atom. The molecule has 0 aliphatic heterocycles. The van der Waals surface area contributed by atoms with E-state index in [-0.39, 0.29) is 24.3 Å². The van der Waals surface area contributed by atoms with Gasteiger partial charge in [0.2, 0.25) is 0 Å². The zero-order valence-electron chi connectivity index (χ0n) is 32.8. The van der Waals surface area contributed by atoms with E-state index in [1.807, 2.05) is 45.0 Å². The van der Waals surface area contributed by atoms with Crippen molar-refractivity contribution in [3.8, 4) is 22.5 Å². The fourth-order valence-electron chi connectivity index (χ4n) is 7.60. The van der Waals surface area contributed by atoms with Gasteiger partial charge in [-0.15, -0.1) is 0 Å². The summed E-state index contributed by atoms with van der Waals surface area (Å²) in [7, 11) is 0. The third-order valence-corrected chi connectivity index (χ3v) is 12.2. The summed E-state index contributed by atoms with van der Waals surface area (Å²) in [5.74, 6) is 2.65. The van der Waals surface area contributed by atoms with Gasteiger partial charge in [0.1, 0.15) is 28.5 Å². The molecule has 2 aromatic heterocycles. The minimum atomic E-state index is -0.495. The Labute approximate surface area is 354 Å². The molecule has 1 amide bonds. The number of hydrogen-bond acceptors (Lipinski definition) is 9. The zero-order valence-corrected chi connectivity index (χ0v) is 35.8. The molecule has 0 spiro atoms. The van der Waals surface area contributed by atoms with Crippen molar-refractivity contribution in [3.05, 3.63) is 79.1 Å². The van der Waals surface area contributed by atoms with Gasteiger partial charge in [-0.05, 0) is 122 Å². The quantitative estimate of drug-likeness (QED) is 0.151. The van der Waals surface area contributed by atoms with Crippen LogP contribution >= 0.6 is 46.4 Å². The highest BCUT2D eigenvalue weighted by Gasteiger charge is 2.36. The first kappa shape index (κ1) is 42.3. The minimum Gasteiger partial charge on any atom is -0.444 e. The highest BCUT2D eigenvalue weighted by atomic mass is 35.5. The van der Waals surface area contributed by atoms with Gasteiger partial charge in [0.05, 0.1) is 45.5 Å². The first-order valence-corrected chi connectivity index (χ1v) is 21.7. The summed E-state index contributed by atoms with van der Waals surface area (Å²) in [6, 6.07) is 11.3. The number of alkyl carbamates (subject to hydrolysis) is 1. The summed E-state index contributed by atoms with van der Waals surface area (Å²) >= 11 is 25.6. The summed E-state index contributed by atoms with van der Waals surface area (Å²) in [5.41, 5.74) is 10.2. The van der Waals surface area contributed by atoms with E-state index in [0.29, 0.717) is 68.1 Å². The first-order valence-electron chi connectivity index (χ1n) is 20.2. The third kappa shape index (κ3) is 11.1. The average Bonchev–Trinajstić information content (AvgIpc) is 4.10. The molecule has 2 aromatic carbocycles. The number of hydrogen-bond donors (Lipinski definition) is 2. The van der Waals surface area contributed by atoms with Gasteiger partial charge >= 0.3 is 6.09 Å². The van der Waals surface area contributed by atoms with Crippen molar-refractivity contribution < 1.29 is 28.1 Å². The second-order valence-corrected chi connectivity index (χ2v) is 18.4. The van der Waals surface area contributed by atoms with Gasteiger partial charge in [0.25, 0.3) is 0 Å². The molecule has 4 aliphatic rings. The normalized spacial score (nSPS) is 22.5. The van der Waals surface area contributed by atoms with E-state index in [1.54, 1.807) is 12.1 Å². The summed E-state index contributed by atoms with van der Waals surface area (Å²) in [4.78, 5) is 12.0. The maximum absolute atomic E-state index is 12.0. The Bertz CT molecular complexity index is 1950. The van der Waals surface area contributed by atoms with Crippen LogP contribution in [-0.4, -0.2) is 46.3 Å². The van der Waals surface area contributed by atoms with Crippen LogP contribution in [0, 0.1) is 0 Å². The van der Waals surface area contributed by atoms with Crippen LogP contribution in [0.25, 0.3) is 22.5 Å². The number of nitrogens with two attached hydrogens (primary N) is 1. The lowest BCUT2D eigenvalue weighted by Gasteiger charge is -2.30. The lowest BCUT2D eigenvalue weighted by atomic mass is 9.93. The number of ether oxygens (including phenoxy) is 3. The lowest BCUT2D eigenvalue weighted by Crippen LogP contribution is -2.41. The highest BCUT2D eigenvalue weighted by Crippen LogP contribution is 2.48. The summed E-state index contributed by atoms with van der Waals surface area (Å²) < 4.78 is 29.2. The van der Waals surface area contributed by atoms with Gasteiger partial charge in [-0.2, -0.15) is 0 Å². The molecule has 4 saturated carbocycles. The number of aromatic nitrogens is 2. The van der Waals surface area contributed by atoms with Crippen molar-refractivity contribution in [3.63, 3.8) is 0 Å². The van der Waals surface area contributed by atoms with E-state index in [4.69, 9.17) is 75.4 Å². The van der Waals surface area contributed by atoms with Crippen LogP contribution in [0.1, 0.15) is 132 Å². The fraction of sp³-hybridized carbons (Fsp3) is 0.558. The third-order valence-electron chi connectivity index (χ3n) is 11.0. The molecule has 0 saturated heterocycles. The van der Waals surface area contributed by atoms with E-state index >= 15 is 0 Å². The van der Waals surface area contributed by atoms with E-state index in [1.165, 1.54) is 0 Å². The Morgan fingerprint density at radius 3 is 1.47 bits per heavy atom. The zero-order chi connectivity index (χ0) is 40.3. The molecule has 4 fully saturated rings. The van der Waals surface area contributed by atoms with Crippen molar-refractivity contribution >= 4 is 52.5 Å². The van der Waals surface area contributed by atoms with Gasteiger partial charge in [0.15, 0.2) is 0 Å². The molecule has 8 rings (SSSR count). The van der Waals surface area contributed by atoms with Gasteiger partial charge in [-0.3, -0.25) is 0 Å². The largest absolute Gasteiger partial charge is 0.444 e. The molecule has 0 radical (unpaired) electrons. The fourth-order valence-corrected chi connectivity index (χ4v) is 8.76. The first-order chi connectivity index (χ1) is 27.3. The minimum absolute atomic E-state index is 0.111. The molecule has 10 nitrogen and oxygen atoms in total. The number of halogens is 4. The van der Waals surface area contributed by atoms with Crippen molar-refractivity contribution in [1.82, 2.24) is 15.6 Å². The highest BCUT2D eigenvalue weighted by molar-refractivity contribution is 6.39. The van der Waals surface area contributed by atoms with Crippen molar-refractivity contribution in [1.29, 1.82) is 0 Å². The molecule has 57 heavy (non-hydrogen) atoms. The number of carbonyl (C=O) groups excluding carboxylic acids is 1. The smallest absolute Gasteiger partial charge is 0.407 e. The number of nitrogens with one attached hydrogen (secondary N) is 1. The van der Waals surface area contributed by atoms with Crippen LogP contribution < -0.4 is 11.1 Å². The second-order valence-electron chi connectivity index (χ2n) is 16.8. The molecule has 2 heterocycles. The molecule has 4 aromatic rings. The van der Waals surface area contributed by atoms with Crippen LogP contribution in [0.4, 0.5) is 4.79 Å². The molecule has 14 heteroatoms. The van der Waals surface area contributed by atoms with Crippen LogP contribution in [0.15, 0.2) is 45.4 Å². The van der Waals surface area contributed by atoms with E-state index in [2.05, 4.69) is 15.6 Å². The topological polar surface area (TPSA) is 135 Å². The summed E-state index contributed by atoms with van der Waals surface area (Å²) in [6.45, 7) is 6.47. The van der Waals surface area contributed by atoms with Crippen molar-refractivity contribution in [2.75, 3.05) is 0 Å². The van der Waals surface area contributed by atoms with E-state index < -0.39 is 5.60 Å². The van der Waals surface area contributed by atoms with Gasteiger partial charge in [-0.1, -0.05) is 68.8 Å². The number of benzene rings is 2. The Hall–Kier alpha value is -2.83. The molecular weight excluding hydrogens is 810 g/mol. The summed E-state index contributed by atoms with van der Waals surface area (Å²) in [5, 5.41) is 13.8. The molecule has 308 valence electrons. The predicted molar refractivity (Wildman–Crippen MR) is 223 cm³/mol. The Morgan fingerprint density at radius 1 is 0.684 bits per heavy atom. The molecule has 0 atom stereocenters. The van der Waals surface area contributed by atoms with Crippen LogP contribution in [-0.2, 0) is 27.4 Å². The second kappa shape index (κ2) is 18.6. The Balaban J connectivity index is 0.000000179. The van der Waals surface area contributed by atoms with Crippen molar-refractivity contribution in [2.24, 2.45) is 5.73 Å². The number of nitrogens with zero attached hydrogens (tertiary/aromatic N) is 2. The van der Waals surface area contributed by atoms with E-state index in [9.17, 15) is 4.79 Å². The van der Waals surface area contributed by atoms with Gasteiger partial charge < -0.3 is 34.3 Å². The SMILES string of the molecule is CC(C)(C)OC(=O)NC1CCC(OCc2c(-c3c(Cl)cccc3Cl)noc2C2CC2)CC1.NC1CCC(OCc2c(-c3c(Cl)cccc3Cl)noc2C2CC2)CC1. The molecular formula is C43H52Cl4N4O6. The monoisotopic (exact) mass is 860 g/mol. The van der Waals surface area contributed by atoms with Gasteiger partial charge in [-0.25, -0.2) is 4.79 Å². The predicted octanol–water partition coefficient (Wildman–Crippen LogP) is 12.2. The number of carbonyl (C=O) groups is 1. The van der Waals surface area contributed by atoms with Crippen molar-refractivity contribution in [2.45, 2.75) is 153 Å². The molecule has 3 N–H and O–H groups in total. The lowest BCUT2D eigenvalue weighted by molar-refractivity contribution is 0.00795. The molecule has 0 bridgehead atoms. The average molecular weight is 863 g/mol. The maximum Gasteiger partial charge on any atom is 0.407 e. The molecule has 0 unspecified atom stereocenters. The van der Waals surface area contributed by atoms with Crippen LogP contribution in [0.2, 0.25) is 20.1 Å². The van der Waals surface area contributed by atoms with E-state index in [0.717, 1.165) is 105 Å². The Kier molecular flexibility index (Phi) is 13.8.